The molecule has 3 rings (SSSR count). The Labute approximate surface area is 156 Å². The maximum Gasteiger partial charge on any atom is 0.341 e. The molecule has 2 aromatic heterocycles. The normalized spacial score (nSPS) is 10.5. The summed E-state index contributed by atoms with van der Waals surface area (Å²) in [7, 11) is 0. The Bertz CT molecular complexity index is 902. The molecule has 25 heavy (non-hydrogen) atoms. The van der Waals surface area contributed by atoms with E-state index in [4.69, 9.17) is 9.15 Å². The Balaban J connectivity index is 1.97. The van der Waals surface area contributed by atoms with Crippen LogP contribution in [0.25, 0.3) is 11.3 Å². The number of hydrogen-bond donors (Lipinski definition) is 1. The third-order valence-corrected chi connectivity index (χ3v) is 4.99. The van der Waals surface area contributed by atoms with Gasteiger partial charge < -0.3 is 14.5 Å². The Morgan fingerprint density at radius 1 is 1.24 bits per heavy atom. The molecule has 0 aliphatic rings. The van der Waals surface area contributed by atoms with Crippen molar-refractivity contribution in [1.29, 1.82) is 0 Å². The summed E-state index contributed by atoms with van der Waals surface area (Å²) in [6.07, 6.45) is 1.53. The van der Waals surface area contributed by atoms with Crippen LogP contribution in [-0.4, -0.2) is 18.5 Å². The predicted octanol–water partition coefficient (Wildman–Crippen LogP) is 5.20. The molecule has 2 heterocycles. The molecule has 0 aliphatic carbocycles. The number of amides is 1. The molecule has 0 saturated carbocycles. The number of carbonyl (C=O) groups excluding carboxylic acids is 2. The minimum atomic E-state index is -0.502. The van der Waals surface area contributed by atoms with Gasteiger partial charge in [-0.15, -0.1) is 11.3 Å². The summed E-state index contributed by atoms with van der Waals surface area (Å²) in [5, 5.41) is 4.98. The van der Waals surface area contributed by atoms with Crippen molar-refractivity contribution >= 4 is 44.1 Å². The zero-order valence-corrected chi connectivity index (χ0v) is 15.6. The third kappa shape index (κ3) is 3.67. The van der Waals surface area contributed by atoms with Gasteiger partial charge in [0, 0.05) is 15.4 Å². The smallest absolute Gasteiger partial charge is 0.341 e. The van der Waals surface area contributed by atoms with Crippen molar-refractivity contribution in [2.75, 3.05) is 11.9 Å². The van der Waals surface area contributed by atoms with E-state index in [0.717, 1.165) is 0 Å². The van der Waals surface area contributed by atoms with Crippen LogP contribution in [0.3, 0.4) is 0 Å². The van der Waals surface area contributed by atoms with E-state index in [2.05, 4.69) is 21.2 Å². The minimum Gasteiger partial charge on any atom is -0.464 e. The minimum absolute atomic E-state index is 0.240. The number of thiophene rings is 1. The number of rotatable bonds is 5. The molecule has 0 bridgehead atoms. The van der Waals surface area contributed by atoms with Crippen LogP contribution in [-0.2, 0) is 4.74 Å². The molecule has 3 aromatic rings. The molecular formula is C18H14BrNO4S. The van der Waals surface area contributed by atoms with Crippen molar-refractivity contribution in [1.82, 2.24) is 0 Å². The first-order chi connectivity index (χ1) is 12.1. The standard InChI is InChI=1S/C18H14BrNO4S/c1-2-23-18(22)15-12(14-8-5-9-24-14)10-25-17(15)20-16(21)11-6-3-4-7-13(11)19/h3-10H,2H2,1H3,(H,20,21). The second-order valence-electron chi connectivity index (χ2n) is 4.99. The zero-order valence-electron chi connectivity index (χ0n) is 13.2. The number of hydrogen-bond acceptors (Lipinski definition) is 5. The largest absolute Gasteiger partial charge is 0.464 e. The lowest BCUT2D eigenvalue weighted by molar-refractivity contribution is 0.0529. The van der Waals surface area contributed by atoms with Crippen molar-refractivity contribution in [3.05, 3.63) is 63.6 Å². The summed E-state index contributed by atoms with van der Waals surface area (Å²) in [5.41, 5.74) is 1.36. The van der Waals surface area contributed by atoms with E-state index in [1.165, 1.54) is 17.6 Å². The number of furan rings is 1. The van der Waals surface area contributed by atoms with Crippen LogP contribution in [0.4, 0.5) is 5.00 Å². The van der Waals surface area contributed by atoms with Crippen molar-refractivity contribution in [3.8, 4) is 11.3 Å². The van der Waals surface area contributed by atoms with Gasteiger partial charge in [-0.2, -0.15) is 0 Å². The number of esters is 1. The number of anilines is 1. The van der Waals surface area contributed by atoms with Crippen LogP contribution in [0.15, 0.2) is 56.9 Å². The van der Waals surface area contributed by atoms with Gasteiger partial charge in [0.15, 0.2) is 0 Å². The molecule has 0 atom stereocenters. The van der Waals surface area contributed by atoms with E-state index >= 15 is 0 Å². The van der Waals surface area contributed by atoms with Gasteiger partial charge in [0.05, 0.1) is 18.4 Å². The third-order valence-electron chi connectivity index (χ3n) is 3.40. The lowest BCUT2D eigenvalue weighted by atomic mass is 10.1. The van der Waals surface area contributed by atoms with Gasteiger partial charge in [-0.1, -0.05) is 12.1 Å². The molecular weight excluding hydrogens is 406 g/mol. The topological polar surface area (TPSA) is 68.5 Å². The van der Waals surface area contributed by atoms with E-state index in [1.54, 1.807) is 42.6 Å². The quantitative estimate of drug-likeness (QED) is 0.576. The fraction of sp³-hybridized carbons (Fsp3) is 0.111. The van der Waals surface area contributed by atoms with Crippen LogP contribution < -0.4 is 5.32 Å². The van der Waals surface area contributed by atoms with Crippen LogP contribution >= 0.6 is 27.3 Å². The fourth-order valence-electron chi connectivity index (χ4n) is 2.28. The molecule has 1 amide bonds. The van der Waals surface area contributed by atoms with Crippen molar-refractivity contribution in [3.63, 3.8) is 0 Å². The van der Waals surface area contributed by atoms with Gasteiger partial charge in [-0.25, -0.2) is 4.79 Å². The summed E-state index contributed by atoms with van der Waals surface area (Å²) in [4.78, 5) is 25.0. The highest BCUT2D eigenvalue weighted by atomic mass is 79.9. The molecule has 7 heteroatoms. The summed E-state index contributed by atoms with van der Waals surface area (Å²) >= 11 is 4.60. The maximum absolute atomic E-state index is 12.6. The summed E-state index contributed by atoms with van der Waals surface area (Å²) < 4.78 is 11.2. The highest BCUT2D eigenvalue weighted by Crippen LogP contribution is 2.36. The molecule has 0 radical (unpaired) electrons. The Hall–Kier alpha value is -2.38. The van der Waals surface area contributed by atoms with Gasteiger partial charge in [-0.05, 0) is 47.1 Å². The Morgan fingerprint density at radius 2 is 2.04 bits per heavy atom. The van der Waals surface area contributed by atoms with Crippen LogP contribution in [0.2, 0.25) is 0 Å². The summed E-state index contributed by atoms with van der Waals surface area (Å²) in [6.45, 7) is 1.97. The molecule has 0 spiro atoms. The van der Waals surface area contributed by atoms with Gasteiger partial charge in [0.1, 0.15) is 16.3 Å². The molecule has 0 unspecified atom stereocenters. The first-order valence-corrected chi connectivity index (χ1v) is 9.17. The second-order valence-corrected chi connectivity index (χ2v) is 6.72. The number of ether oxygens (including phenoxy) is 1. The van der Waals surface area contributed by atoms with Crippen molar-refractivity contribution in [2.45, 2.75) is 6.92 Å². The average molecular weight is 420 g/mol. The lowest BCUT2D eigenvalue weighted by Crippen LogP contribution is -2.15. The van der Waals surface area contributed by atoms with Gasteiger partial charge in [-0.3, -0.25) is 4.79 Å². The molecule has 128 valence electrons. The van der Waals surface area contributed by atoms with Crippen LogP contribution in [0.1, 0.15) is 27.6 Å². The molecule has 0 saturated heterocycles. The van der Waals surface area contributed by atoms with Crippen molar-refractivity contribution in [2.24, 2.45) is 0 Å². The van der Waals surface area contributed by atoms with Crippen LogP contribution in [0, 0.1) is 0 Å². The first-order valence-electron chi connectivity index (χ1n) is 7.50. The van der Waals surface area contributed by atoms with Gasteiger partial charge in [0.2, 0.25) is 0 Å². The monoisotopic (exact) mass is 419 g/mol. The second kappa shape index (κ2) is 7.67. The number of carbonyl (C=O) groups is 2. The summed E-state index contributed by atoms with van der Waals surface area (Å²) in [5.74, 6) is -0.274. The van der Waals surface area contributed by atoms with E-state index in [-0.39, 0.29) is 12.5 Å². The van der Waals surface area contributed by atoms with Gasteiger partial charge >= 0.3 is 5.97 Å². The molecule has 0 aliphatic heterocycles. The van der Waals surface area contributed by atoms with E-state index < -0.39 is 5.97 Å². The van der Waals surface area contributed by atoms with Crippen molar-refractivity contribution < 1.29 is 18.7 Å². The van der Waals surface area contributed by atoms with E-state index in [9.17, 15) is 9.59 Å². The van der Waals surface area contributed by atoms with E-state index in [1.807, 2.05) is 6.07 Å². The molecule has 0 fully saturated rings. The average Bonchev–Trinajstić information content (AvgIpc) is 3.24. The summed E-state index contributed by atoms with van der Waals surface area (Å²) in [6, 6.07) is 10.6. The lowest BCUT2D eigenvalue weighted by Gasteiger charge is -2.08. The zero-order chi connectivity index (χ0) is 17.8. The fourth-order valence-corrected chi connectivity index (χ4v) is 3.68. The van der Waals surface area contributed by atoms with Gasteiger partial charge in [0.25, 0.3) is 5.91 Å². The Kier molecular flexibility index (Phi) is 5.35. The number of benzene rings is 1. The van der Waals surface area contributed by atoms with Crippen LogP contribution in [0.5, 0.6) is 0 Å². The predicted molar refractivity (Wildman–Crippen MR) is 100 cm³/mol. The Morgan fingerprint density at radius 3 is 2.72 bits per heavy atom. The molecule has 1 N–H and O–H groups in total. The maximum atomic E-state index is 12.6. The first kappa shape index (κ1) is 17.4. The number of halogens is 1. The SMILES string of the molecule is CCOC(=O)c1c(-c2ccco2)csc1NC(=O)c1ccccc1Br. The highest BCUT2D eigenvalue weighted by molar-refractivity contribution is 9.10. The highest BCUT2D eigenvalue weighted by Gasteiger charge is 2.24. The number of nitrogens with one attached hydrogen (secondary N) is 1. The molecule has 5 nitrogen and oxygen atoms in total. The van der Waals surface area contributed by atoms with E-state index in [0.29, 0.717) is 31.9 Å². The molecule has 1 aromatic carbocycles.